The second kappa shape index (κ2) is 9.44. The Morgan fingerprint density at radius 1 is 1.06 bits per heavy atom. The van der Waals surface area contributed by atoms with Crippen LogP contribution in [0.2, 0.25) is 0 Å². The van der Waals surface area contributed by atoms with Crippen LogP contribution in [-0.2, 0) is 16.5 Å². The maximum Gasteiger partial charge on any atom is 0.413 e. The molecule has 11 nitrogen and oxygen atoms in total. The van der Waals surface area contributed by atoms with Crippen LogP contribution in [0.4, 0.5) is 15.4 Å². The Balaban J connectivity index is 1.71. The number of nitrogens with zero attached hydrogens (tertiary/aromatic N) is 6. The highest BCUT2D eigenvalue weighted by Gasteiger charge is 2.30. The van der Waals surface area contributed by atoms with Crippen LogP contribution < -0.4 is 5.32 Å². The number of aryl methyl sites for hydroxylation is 1. The van der Waals surface area contributed by atoms with Crippen LogP contribution in [0.1, 0.15) is 66.0 Å². The van der Waals surface area contributed by atoms with Gasteiger partial charge in [0.1, 0.15) is 17.0 Å². The minimum Gasteiger partial charge on any atom is -0.444 e. The number of carbonyl (C=O) groups is 2. The van der Waals surface area contributed by atoms with Gasteiger partial charge in [-0.3, -0.25) is 10.00 Å². The van der Waals surface area contributed by atoms with Gasteiger partial charge in [-0.2, -0.15) is 14.7 Å². The lowest BCUT2D eigenvalue weighted by atomic mass is 9.94. The van der Waals surface area contributed by atoms with Gasteiger partial charge in [0.2, 0.25) is 0 Å². The van der Waals surface area contributed by atoms with E-state index < -0.39 is 17.3 Å². The maximum atomic E-state index is 12.7. The lowest BCUT2D eigenvalue weighted by molar-refractivity contribution is 0.0197. The molecule has 3 aromatic rings. The molecule has 1 N–H and O–H groups in total. The number of carbonyl (C=O) groups excluding carboxylic acids is 2. The van der Waals surface area contributed by atoms with Crippen molar-refractivity contribution in [1.29, 1.82) is 0 Å². The first-order chi connectivity index (χ1) is 16.8. The van der Waals surface area contributed by atoms with E-state index in [1.54, 1.807) is 32.6 Å². The van der Waals surface area contributed by atoms with Crippen molar-refractivity contribution < 1.29 is 19.1 Å². The molecule has 1 saturated heterocycles. The second-order valence-corrected chi connectivity index (χ2v) is 11.2. The summed E-state index contributed by atoms with van der Waals surface area (Å²) < 4.78 is 14.4. The Bertz CT molecular complexity index is 1270. The first kappa shape index (κ1) is 25.5. The number of likely N-dealkylation sites (tertiary alicyclic amines) is 1. The fourth-order valence-electron chi connectivity index (χ4n) is 4.16. The Morgan fingerprint density at radius 2 is 1.78 bits per heavy atom. The van der Waals surface area contributed by atoms with Crippen LogP contribution in [0, 0.1) is 0 Å². The van der Waals surface area contributed by atoms with E-state index in [0.717, 1.165) is 29.7 Å². The molecule has 0 aliphatic carbocycles. The zero-order valence-corrected chi connectivity index (χ0v) is 22.0. The monoisotopic (exact) mass is 497 g/mol. The largest absolute Gasteiger partial charge is 0.444 e. The number of anilines is 1. The first-order valence-corrected chi connectivity index (χ1v) is 12.1. The molecule has 0 spiro atoms. The Morgan fingerprint density at radius 3 is 2.42 bits per heavy atom. The van der Waals surface area contributed by atoms with Gasteiger partial charge < -0.3 is 14.4 Å². The van der Waals surface area contributed by atoms with Crippen molar-refractivity contribution in [3.05, 3.63) is 30.4 Å². The Labute approximate surface area is 210 Å². The smallest absolute Gasteiger partial charge is 0.413 e. The van der Waals surface area contributed by atoms with Gasteiger partial charge in [0.05, 0.1) is 18.1 Å². The SMILES string of the molecule is Cn1cc(-c2cnn3c(NC(=O)OC(C)(C)C)cc(C4CCCN(C(=O)OC(C)(C)C)C4)nc23)cn1. The van der Waals surface area contributed by atoms with Crippen molar-refractivity contribution in [2.24, 2.45) is 7.05 Å². The van der Waals surface area contributed by atoms with Gasteiger partial charge in [0.15, 0.2) is 5.65 Å². The van der Waals surface area contributed by atoms with Crippen LogP contribution >= 0.6 is 0 Å². The summed E-state index contributed by atoms with van der Waals surface area (Å²) in [6.07, 6.45) is 6.09. The third-order valence-electron chi connectivity index (χ3n) is 5.63. The molecular weight excluding hydrogens is 462 g/mol. The average molecular weight is 498 g/mol. The summed E-state index contributed by atoms with van der Waals surface area (Å²) in [5.41, 5.74) is 1.77. The molecule has 1 atom stereocenters. The summed E-state index contributed by atoms with van der Waals surface area (Å²) in [6, 6.07) is 1.81. The number of rotatable bonds is 3. The topological polar surface area (TPSA) is 116 Å². The van der Waals surface area contributed by atoms with E-state index in [9.17, 15) is 9.59 Å². The lowest BCUT2D eigenvalue weighted by Crippen LogP contribution is -2.42. The predicted molar refractivity (Wildman–Crippen MR) is 135 cm³/mol. The molecule has 11 heteroatoms. The van der Waals surface area contributed by atoms with Gasteiger partial charge in [0, 0.05) is 49.4 Å². The molecular formula is C25H35N7O4. The van der Waals surface area contributed by atoms with E-state index >= 15 is 0 Å². The summed E-state index contributed by atoms with van der Waals surface area (Å²) in [5.74, 6) is 0.404. The van der Waals surface area contributed by atoms with Crippen LogP contribution in [0.25, 0.3) is 16.8 Å². The third kappa shape index (κ3) is 5.95. The molecule has 0 aromatic carbocycles. The van der Waals surface area contributed by atoms with E-state index in [1.165, 1.54) is 0 Å². The van der Waals surface area contributed by atoms with Gasteiger partial charge in [-0.25, -0.2) is 14.6 Å². The number of ether oxygens (including phenoxy) is 2. The highest BCUT2D eigenvalue weighted by molar-refractivity contribution is 5.85. The minimum atomic E-state index is -0.651. The van der Waals surface area contributed by atoms with E-state index in [-0.39, 0.29) is 12.0 Å². The molecule has 0 radical (unpaired) electrons. The molecule has 0 saturated carbocycles. The Kier molecular flexibility index (Phi) is 6.68. The van der Waals surface area contributed by atoms with E-state index in [2.05, 4.69) is 15.5 Å². The number of fused-ring (bicyclic) bond motifs is 1. The molecule has 4 heterocycles. The number of aromatic nitrogens is 5. The van der Waals surface area contributed by atoms with Crippen molar-refractivity contribution in [3.8, 4) is 11.1 Å². The lowest BCUT2D eigenvalue weighted by Gasteiger charge is -2.34. The van der Waals surface area contributed by atoms with Gasteiger partial charge in [-0.1, -0.05) is 0 Å². The molecule has 2 amide bonds. The van der Waals surface area contributed by atoms with Gasteiger partial charge in [-0.15, -0.1) is 0 Å². The van der Waals surface area contributed by atoms with Crippen LogP contribution in [0.5, 0.6) is 0 Å². The number of piperidine rings is 1. The van der Waals surface area contributed by atoms with Gasteiger partial charge >= 0.3 is 12.2 Å². The quantitative estimate of drug-likeness (QED) is 0.562. The standard InChI is InChI=1S/C25H35N7O4/c1-24(2,3)35-22(33)29-20-11-19(16-9-8-10-31(15-16)23(34)36-25(4,5)6)28-21-18(13-27-32(20)21)17-12-26-30(7)14-17/h11-14,16H,8-10,15H2,1-7H3,(H,29,33). The summed E-state index contributed by atoms with van der Waals surface area (Å²) in [7, 11) is 1.84. The normalized spacial score (nSPS) is 16.8. The summed E-state index contributed by atoms with van der Waals surface area (Å²) in [6.45, 7) is 12.1. The molecule has 4 rings (SSSR count). The molecule has 3 aromatic heterocycles. The summed E-state index contributed by atoms with van der Waals surface area (Å²) in [4.78, 5) is 32.0. The minimum absolute atomic E-state index is 0.0351. The number of amides is 2. The van der Waals surface area contributed by atoms with Crippen molar-refractivity contribution >= 4 is 23.7 Å². The highest BCUT2D eigenvalue weighted by atomic mass is 16.6. The fraction of sp³-hybridized carbons (Fsp3) is 0.560. The van der Waals surface area contributed by atoms with E-state index in [4.69, 9.17) is 14.5 Å². The molecule has 194 valence electrons. The maximum absolute atomic E-state index is 12.7. The van der Waals surface area contributed by atoms with Crippen molar-refractivity contribution in [2.75, 3.05) is 18.4 Å². The average Bonchev–Trinajstić information content (AvgIpc) is 3.37. The van der Waals surface area contributed by atoms with Crippen LogP contribution in [0.15, 0.2) is 24.7 Å². The van der Waals surface area contributed by atoms with Crippen molar-refractivity contribution in [2.45, 2.75) is 71.5 Å². The molecule has 0 bridgehead atoms. The van der Waals surface area contributed by atoms with Crippen LogP contribution in [-0.4, -0.2) is 65.8 Å². The Hall–Kier alpha value is -3.63. The summed E-state index contributed by atoms with van der Waals surface area (Å²) in [5, 5.41) is 11.6. The molecule has 1 aliphatic rings. The molecule has 1 aliphatic heterocycles. The molecule has 1 unspecified atom stereocenters. The summed E-state index contributed by atoms with van der Waals surface area (Å²) >= 11 is 0. The van der Waals surface area contributed by atoms with E-state index in [0.29, 0.717) is 24.6 Å². The molecule has 1 fully saturated rings. The third-order valence-corrected chi connectivity index (χ3v) is 5.63. The number of hydrogen-bond acceptors (Lipinski definition) is 7. The number of nitrogens with one attached hydrogen (secondary N) is 1. The number of hydrogen-bond donors (Lipinski definition) is 1. The van der Waals surface area contributed by atoms with Gasteiger partial charge in [-0.05, 0) is 54.4 Å². The first-order valence-electron chi connectivity index (χ1n) is 12.1. The van der Waals surface area contributed by atoms with Crippen molar-refractivity contribution in [1.82, 2.24) is 29.3 Å². The van der Waals surface area contributed by atoms with Crippen molar-refractivity contribution in [3.63, 3.8) is 0 Å². The predicted octanol–water partition coefficient (Wildman–Crippen LogP) is 4.59. The van der Waals surface area contributed by atoms with E-state index in [1.807, 2.05) is 54.8 Å². The second-order valence-electron chi connectivity index (χ2n) is 11.2. The molecule has 36 heavy (non-hydrogen) atoms. The zero-order valence-electron chi connectivity index (χ0n) is 22.0. The highest BCUT2D eigenvalue weighted by Crippen LogP contribution is 2.32. The fourth-order valence-corrected chi connectivity index (χ4v) is 4.16. The zero-order chi connectivity index (χ0) is 26.3. The van der Waals surface area contributed by atoms with Crippen LogP contribution in [0.3, 0.4) is 0 Å². The van der Waals surface area contributed by atoms with Gasteiger partial charge in [0.25, 0.3) is 0 Å².